The Morgan fingerprint density at radius 1 is 0.625 bits per heavy atom. The molecule has 0 saturated heterocycles. The maximum absolute atomic E-state index is 12.1. The Labute approximate surface area is 233 Å². The molecule has 10 nitrogen and oxygen atoms in total. The van der Waals surface area contributed by atoms with E-state index >= 15 is 0 Å². The molecule has 0 spiro atoms. The first-order valence-electron chi connectivity index (χ1n) is 12.0. The third-order valence-corrected chi connectivity index (χ3v) is 4.92. The van der Waals surface area contributed by atoms with Crippen molar-refractivity contribution in [3.8, 4) is 0 Å². The van der Waals surface area contributed by atoms with Gasteiger partial charge in [0.15, 0.2) is 0 Å². The molecular weight excluding hydrogens is 512 g/mol. The van der Waals surface area contributed by atoms with Gasteiger partial charge in [0.1, 0.15) is 11.4 Å². The van der Waals surface area contributed by atoms with Crippen LogP contribution in [0.25, 0.3) is 0 Å². The summed E-state index contributed by atoms with van der Waals surface area (Å²) in [5, 5.41) is 8.00. The Kier molecular flexibility index (Phi) is 12.7. The second-order valence-electron chi connectivity index (χ2n) is 8.20. The molecule has 0 aromatic heterocycles. The van der Waals surface area contributed by atoms with Crippen LogP contribution in [0.15, 0.2) is 115 Å². The highest BCUT2D eigenvalue weighted by atomic mass is 16.5. The summed E-state index contributed by atoms with van der Waals surface area (Å²) in [6, 6.07) is 26.6. The van der Waals surface area contributed by atoms with E-state index in [9.17, 15) is 19.2 Å². The molecule has 3 N–H and O–H groups in total. The molecule has 3 aromatic rings. The molecule has 0 fully saturated rings. The van der Waals surface area contributed by atoms with Crippen molar-refractivity contribution in [2.45, 2.75) is 0 Å². The molecule has 0 aliphatic carbocycles. The van der Waals surface area contributed by atoms with Gasteiger partial charge in [0.05, 0.1) is 14.2 Å². The number of nitrogens with zero attached hydrogens (tertiary/aromatic N) is 1. The summed E-state index contributed by atoms with van der Waals surface area (Å²) in [6.45, 7) is 0. The molecule has 3 rings (SSSR count). The molecular formula is C30H32N4O6. The molecule has 0 bridgehead atoms. The van der Waals surface area contributed by atoms with Gasteiger partial charge in [0.2, 0.25) is 0 Å². The van der Waals surface area contributed by atoms with Gasteiger partial charge >= 0.3 is 11.9 Å². The Bertz CT molecular complexity index is 1320. The molecule has 3 aromatic carbocycles. The standard InChI is InChI=1S/C17H16N2O3.C13H16N2O3/c1-22-17(21)15(12-18-14-10-6-3-7-11-14)19-16(20)13-8-4-2-5-9-13;1-15(2)9-11(13(17)18-3)14-12(16)10-7-5-4-6-8-10/h2-12,18H,1H3,(H,19,20);4-9H,1-3H3,(H,14,16)/b15-12+;11-9+. The number of nitrogens with one attached hydrogen (secondary N) is 3. The first kappa shape index (κ1) is 30.8. The van der Waals surface area contributed by atoms with Crippen molar-refractivity contribution in [1.82, 2.24) is 15.5 Å². The van der Waals surface area contributed by atoms with Gasteiger partial charge in [0.25, 0.3) is 11.8 Å². The zero-order valence-electron chi connectivity index (χ0n) is 22.7. The van der Waals surface area contributed by atoms with Crippen molar-refractivity contribution < 1.29 is 28.7 Å². The molecule has 0 atom stereocenters. The number of hydrogen-bond donors (Lipinski definition) is 3. The van der Waals surface area contributed by atoms with Gasteiger partial charge in [-0.15, -0.1) is 0 Å². The summed E-state index contributed by atoms with van der Waals surface area (Å²) in [5.74, 6) is -1.96. The molecule has 0 heterocycles. The molecule has 0 aliphatic heterocycles. The molecule has 0 radical (unpaired) electrons. The number of carbonyl (C=O) groups is 4. The highest BCUT2D eigenvalue weighted by Gasteiger charge is 2.15. The molecule has 0 saturated carbocycles. The topological polar surface area (TPSA) is 126 Å². The Balaban J connectivity index is 0.000000286. The van der Waals surface area contributed by atoms with Crippen LogP contribution < -0.4 is 16.0 Å². The van der Waals surface area contributed by atoms with Crippen LogP contribution in [-0.4, -0.2) is 57.0 Å². The first-order valence-corrected chi connectivity index (χ1v) is 12.0. The minimum atomic E-state index is -0.632. The maximum Gasteiger partial charge on any atom is 0.356 e. The summed E-state index contributed by atoms with van der Waals surface area (Å²) in [4.78, 5) is 48.9. The normalized spacial score (nSPS) is 10.7. The van der Waals surface area contributed by atoms with E-state index in [0.29, 0.717) is 11.1 Å². The Morgan fingerprint density at radius 2 is 1.02 bits per heavy atom. The minimum absolute atomic E-state index is 0.0280. The second kappa shape index (κ2) is 16.5. The van der Waals surface area contributed by atoms with Crippen molar-refractivity contribution in [2.75, 3.05) is 33.6 Å². The highest BCUT2D eigenvalue weighted by molar-refractivity contribution is 6.01. The quantitative estimate of drug-likeness (QED) is 0.276. The monoisotopic (exact) mass is 544 g/mol. The largest absolute Gasteiger partial charge is 0.464 e. The SMILES string of the molecule is COC(=O)/C(=C\N(C)C)NC(=O)c1ccccc1.COC(=O)/C(=C\Nc1ccccc1)NC(=O)c1ccccc1. The number of anilines is 1. The molecule has 2 amide bonds. The number of amides is 2. The number of benzene rings is 3. The number of para-hydroxylation sites is 1. The zero-order valence-corrected chi connectivity index (χ0v) is 22.7. The lowest BCUT2D eigenvalue weighted by Gasteiger charge is -2.11. The third kappa shape index (κ3) is 10.5. The highest BCUT2D eigenvalue weighted by Crippen LogP contribution is 2.07. The summed E-state index contributed by atoms with van der Waals surface area (Å²) >= 11 is 0. The predicted molar refractivity (Wildman–Crippen MR) is 152 cm³/mol. The summed E-state index contributed by atoms with van der Waals surface area (Å²) in [6.07, 6.45) is 2.90. The molecule has 0 unspecified atom stereocenters. The molecule has 40 heavy (non-hydrogen) atoms. The van der Waals surface area contributed by atoms with Crippen LogP contribution in [0, 0.1) is 0 Å². The average molecular weight is 545 g/mol. The lowest BCUT2D eigenvalue weighted by Crippen LogP contribution is -2.29. The van der Waals surface area contributed by atoms with Crippen LogP contribution >= 0.6 is 0 Å². The lowest BCUT2D eigenvalue weighted by atomic mass is 10.2. The van der Waals surface area contributed by atoms with Crippen LogP contribution in [0.4, 0.5) is 5.69 Å². The van der Waals surface area contributed by atoms with E-state index < -0.39 is 11.9 Å². The van der Waals surface area contributed by atoms with Crippen molar-refractivity contribution in [2.24, 2.45) is 0 Å². The predicted octanol–water partition coefficient (Wildman–Crippen LogP) is 3.54. The van der Waals surface area contributed by atoms with Gasteiger partial charge in [-0.25, -0.2) is 9.59 Å². The number of esters is 2. The van der Waals surface area contributed by atoms with Crippen molar-refractivity contribution in [3.63, 3.8) is 0 Å². The summed E-state index contributed by atoms with van der Waals surface area (Å²) in [5.41, 5.74) is 1.84. The van der Waals surface area contributed by atoms with Crippen LogP contribution in [0.5, 0.6) is 0 Å². The van der Waals surface area contributed by atoms with Gasteiger partial charge in [-0.3, -0.25) is 9.59 Å². The second-order valence-corrected chi connectivity index (χ2v) is 8.20. The van der Waals surface area contributed by atoms with E-state index in [1.54, 1.807) is 67.5 Å². The van der Waals surface area contributed by atoms with Gasteiger partial charge in [-0.1, -0.05) is 54.6 Å². The average Bonchev–Trinajstić information content (AvgIpc) is 2.99. The number of hydrogen-bond acceptors (Lipinski definition) is 8. The Hall–Kier alpha value is -5.38. The van der Waals surface area contributed by atoms with Gasteiger partial charge in [0, 0.05) is 43.3 Å². The number of ether oxygens (including phenoxy) is 2. The van der Waals surface area contributed by atoms with Gasteiger partial charge in [-0.2, -0.15) is 0 Å². The van der Waals surface area contributed by atoms with E-state index in [0.717, 1.165) is 5.69 Å². The van der Waals surface area contributed by atoms with E-state index in [1.165, 1.54) is 26.6 Å². The van der Waals surface area contributed by atoms with Gasteiger partial charge < -0.3 is 30.3 Å². The van der Waals surface area contributed by atoms with Gasteiger partial charge in [-0.05, 0) is 36.4 Å². The van der Waals surface area contributed by atoms with Crippen molar-refractivity contribution >= 4 is 29.4 Å². The number of carbonyl (C=O) groups excluding carboxylic acids is 4. The van der Waals surface area contributed by atoms with Crippen molar-refractivity contribution in [3.05, 3.63) is 126 Å². The van der Waals surface area contributed by atoms with E-state index in [2.05, 4.69) is 25.4 Å². The lowest BCUT2D eigenvalue weighted by molar-refractivity contribution is -0.137. The number of rotatable bonds is 9. The van der Waals surface area contributed by atoms with Crippen molar-refractivity contribution in [1.29, 1.82) is 0 Å². The van der Waals surface area contributed by atoms with Crippen LogP contribution in [-0.2, 0) is 19.1 Å². The Morgan fingerprint density at radius 3 is 1.45 bits per heavy atom. The fourth-order valence-corrected chi connectivity index (χ4v) is 3.02. The van der Waals surface area contributed by atoms with E-state index in [4.69, 9.17) is 0 Å². The zero-order chi connectivity index (χ0) is 29.3. The van der Waals surface area contributed by atoms with Crippen LogP contribution in [0.3, 0.4) is 0 Å². The first-order chi connectivity index (χ1) is 19.2. The molecule has 10 heteroatoms. The van der Waals surface area contributed by atoms with E-state index in [-0.39, 0.29) is 23.2 Å². The number of methoxy groups -OCH3 is 2. The summed E-state index contributed by atoms with van der Waals surface area (Å²) in [7, 11) is 6.02. The fourth-order valence-electron chi connectivity index (χ4n) is 3.02. The summed E-state index contributed by atoms with van der Waals surface area (Å²) < 4.78 is 9.28. The third-order valence-electron chi connectivity index (χ3n) is 4.92. The fraction of sp³-hybridized carbons (Fsp3) is 0.133. The van der Waals surface area contributed by atoms with Crippen LogP contribution in [0.1, 0.15) is 20.7 Å². The smallest absolute Gasteiger partial charge is 0.356 e. The van der Waals surface area contributed by atoms with Crippen LogP contribution in [0.2, 0.25) is 0 Å². The van der Waals surface area contributed by atoms with E-state index in [1.807, 2.05) is 42.5 Å². The minimum Gasteiger partial charge on any atom is -0.464 e. The molecule has 0 aliphatic rings. The maximum atomic E-state index is 12.1. The molecule has 208 valence electrons.